The smallest absolute Gasteiger partial charge is 0.271 e. The number of anilines is 1. The molecule has 1 aromatic heterocycles. The van der Waals surface area contributed by atoms with Crippen molar-refractivity contribution in [2.45, 2.75) is 26.5 Å². The fraction of sp³-hybridized carbons (Fsp3) is 0.139. The fourth-order valence-corrected chi connectivity index (χ4v) is 8.15. The summed E-state index contributed by atoms with van der Waals surface area (Å²) in [6.45, 7) is 4.35. The molecular formula is C36H28BrIN4O6S. The number of nitro groups is 1. The molecule has 1 amide bonds. The van der Waals surface area contributed by atoms with E-state index in [9.17, 15) is 19.7 Å². The Bertz CT molecular complexity index is 2270. The Morgan fingerprint density at radius 2 is 1.80 bits per heavy atom. The highest BCUT2D eigenvalue weighted by atomic mass is 127. The standard InChI is InChI=1S/C36H28BrIN4O6S/c1-3-47-28-15-11-23(12-16-28)32-31(34(43)40-26-7-5-4-6-8-26)21(2)39-36-41(32)35(44)30(49-36)18-24-17-25(37)19-29(38)33(24)48-20-22-9-13-27(14-10-22)42(45)46/h4-19,32H,3,20H2,1-2H3,(H,40,43)/b30-18-/t32-/m1/s1. The predicted octanol–water partition coefficient (Wildman–Crippen LogP) is 7.13. The normalized spacial score (nSPS) is 14.2. The van der Waals surface area contributed by atoms with Crippen LogP contribution in [0.25, 0.3) is 6.08 Å². The van der Waals surface area contributed by atoms with Gasteiger partial charge in [-0.2, -0.15) is 0 Å². The van der Waals surface area contributed by atoms with Gasteiger partial charge in [0.15, 0.2) is 4.80 Å². The minimum absolute atomic E-state index is 0.00230. The number of nitrogens with zero attached hydrogens (tertiary/aromatic N) is 3. The molecule has 0 saturated heterocycles. The number of non-ortho nitro benzene ring substituents is 1. The number of para-hydroxylation sites is 1. The second kappa shape index (κ2) is 14.9. The van der Waals surface area contributed by atoms with Gasteiger partial charge in [-0.1, -0.05) is 57.6 Å². The first-order chi connectivity index (χ1) is 23.6. The number of rotatable bonds is 10. The number of nitrogens with one attached hydrogen (secondary N) is 1. The largest absolute Gasteiger partial charge is 0.494 e. The second-order valence-corrected chi connectivity index (χ2v) is 14.0. The molecule has 0 aliphatic carbocycles. The van der Waals surface area contributed by atoms with Crippen molar-refractivity contribution in [3.05, 3.63) is 157 Å². The molecule has 10 nitrogen and oxygen atoms in total. The van der Waals surface area contributed by atoms with Crippen LogP contribution in [-0.4, -0.2) is 22.0 Å². The van der Waals surface area contributed by atoms with Gasteiger partial charge in [-0.05, 0) is 102 Å². The van der Waals surface area contributed by atoms with E-state index in [-0.39, 0.29) is 23.8 Å². The first-order valence-electron chi connectivity index (χ1n) is 15.1. The molecule has 0 bridgehead atoms. The van der Waals surface area contributed by atoms with Gasteiger partial charge in [-0.25, -0.2) is 4.99 Å². The maximum Gasteiger partial charge on any atom is 0.271 e. The van der Waals surface area contributed by atoms with Crippen molar-refractivity contribution in [1.82, 2.24) is 4.57 Å². The number of allylic oxidation sites excluding steroid dienone is 1. The summed E-state index contributed by atoms with van der Waals surface area (Å²) in [5, 5.41) is 14.0. The topological polar surface area (TPSA) is 125 Å². The number of benzene rings is 4. The number of nitro benzene ring substituents is 1. The summed E-state index contributed by atoms with van der Waals surface area (Å²) in [6.07, 6.45) is 1.76. The van der Waals surface area contributed by atoms with Crippen molar-refractivity contribution in [3.63, 3.8) is 0 Å². The quantitative estimate of drug-likeness (QED) is 0.0907. The molecule has 5 aromatic rings. The maximum atomic E-state index is 14.3. The molecule has 6 rings (SSSR count). The number of amides is 1. The summed E-state index contributed by atoms with van der Waals surface area (Å²) in [5.41, 5.74) is 3.31. The van der Waals surface area contributed by atoms with E-state index in [1.165, 1.54) is 23.5 Å². The van der Waals surface area contributed by atoms with Crippen molar-refractivity contribution < 1.29 is 19.2 Å². The van der Waals surface area contributed by atoms with E-state index < -0.39 is 11.0 Å². The number of carbonyl (C=O) groups excluding carboxylic acids is 1. The van der Waals surface area contributed by atoms with Gasteiger partial charge in [0.1, 0.15) is 18.1 Å². The van der Waals surface area contributed by atoms with Crippen LogP contribution in [0.4, 0.5) is 11.4 Å². The zero-order valence-electron chi connectivity index (χ0n) is 26.2. The summed E-state index contributed by atoms with van der Waals surface area (Å²) in [7, 11) is 0. The van der Waals surface area contributed by atoms with Gasteiger partial charge in [0.05, 0.1) is 36.9 Å². The predicted molar refractivity (Wildman–Crippen MR) is 201 cm³/mol. The highest BCUT2D eigenvalue weighted by Crippen LogP contribution is 2.33. The minimum atomic E-state index is -0.752. The molecule has 1 atom stereocenters. The van der Waals surface area contributed by atoms with Gasteiger partial charge in [0, 0.05) is 27.9 Å². The van der Waals surface area contributed by atoms with Crippen LogP contribution in [0.1, 0.15) is 36.6 Å². The second-order valence-electron chi connectivity index (χ2n) is 10.9. The third-order valence-corrected chi connectivity index (χ3v) is 9.90. The lowest BCUT2D eigenvalue weighted by molar-refractivity contribution is -0.384. The number of carbonyl (C=O) groups is 1. The molecule has 2 heterocycles. The van der Waals surface area contributed by atoms with E-state index >= 15 is 0 Å². The molecule has 1 aliphatic rings. The molecule has 0 saturated carbocycles. The molecule has 0 radical (unpaired) electrons. The number of hydrogen-bond donors (Lipinski definition) is 1. The van der Waals surface area contributed by atoms with Crippen LogP contribution in [0, 0.1) is 13.7 Å². The lowest BCUT2D eigenvalue weighted by Gasteiger charge is -2.25. The maximum absolute atomic E-state index is 14.3. The highest BCUT2D eigenvalue weighted by Gasteiger charge is 2.32. The van der Waals surface area contributed by atoms with Crippen LogP contribution in [0.2, 0.25) is 0 Å². The molecule has 0 fully saturated rings. The molecule has 0 spiro atoms. The Morgan fingerprint density at radius 3 is 2.47 bits per heavy atom. The average molecular weight is 852 g/mol. The van der Waals surface area contributed by atoms with E-state index in [4.69, 9.17) is 14.5 Å². The van der Waals surface area contributed by atoms with Crippen molar-refractivity contribution in [2.24, 2.45) is 4.99 Å². The van der Waals surface area contributed by atoms with Crippen LogP contribution in [0.3, 0.4) is 0 Å². The third kappa shape index (κ3) is 7.53. The van der Waals surface area contributed by atoms with Gasteiger partial charge < -0.3 is 14.8 Å². The fourth-order valence-electron chi connectivity index (χ4n) is 5.41. The number of hydrogen-bond acceptors (Lipinski definition) is 8. The van der Waals surface area contributed by atoms with Gasteiger partial charge in [-0.15, -0.1) is 0 Å². The Labute approximate surface area is 306 Å². The lowest BCUT2D eigenvalue weighted by Crippen LogP contribution is -2.40. The van der Waals surface area contributed by atoms with Gasteiger partial charge in [0.2, 0.25) is 0 Å². The van der Waals surface area contributed by atoms with E-state index in [1.807, 2.05) is 61.5 Å². The Morgan fingerprint density at radius 1 is 1.08 bits per heavy atom. The van der Waals surface area contributed by atoms with Crippen LogP contribution in [-0.2, 0) is 11.4 Å². The lowest BCUT2D eigenvalue weighted by atomic mass is 9.95. The molecule has 1 N–H and O–H groups in total. The average Bonchev–Trinajstić information content (AvgIpc) is 3.38. The van der Waals surface area contributed by atoms with E-state index in [2.05, 4.69) is 43.8 Å². The van der Waals surface area contributed by atoms with Gasteiger partial charge in [-0.3, -0.25) is 24.3 Å². The molecular weight excluding hydrogens is 823 g/mol. The highest BCUT2D eigenvalue weighted by molar-refractivity contribution is 14.1. The zero-order valence-corrected chi connectivity index (χ0v) is 30.7. The zero-order chi connectivity index (χ0) is 34.7. The number of halogens is 2. The molecule has 13 heteroatoms. The van der Waals surface area contributed by atoms with Gasteiger partial charge >= 0.3 is 0 Å². The number of ether oxygens (including phenoxy) is 2. The van der Waals surface area contributed by atoms with Crippen molar-refractivity contribution in [2.75, 3.05) is 11.9 Å². The first kappa shape index (κ1) is 34.3. The van der Waals surface area contributed by atoms with Crippen LogP contribution in [0.15, 0.2) is 117 Å². The Kier molecular flexibility index (Phi) is 10.4. The summed E-state index contributed by atoms with van der Waals surface area (Å²) in [5.74, 6) is 0.874. The number of fused-ring (bicyclic) bond motifs is 1. The minimum Gasteiger partial charge on any atom is -0.494 e. The SMILES string of the molecule is CCOc1ccc([C@@H]2C(C(=O)Nc3ccccc3)=C(C)N=c3s/c(=C\c4cc(Br)cc(I)c4OCc4ccc([N+](=O)[O-])cc4)c(=O)n32)cc1. The van der Waals surface area contributed by atoms with Crippen molar-refractivity contribution >= 4 is 73.2 Å². The van der Waals surface area contributed by atoms with Gasteiger partial charge in [0.25, 0.3) is 17.2 Å². The monoisotopic (exact) mass is 850 g/mol. The molecule has 0 unspecified atom stereocenters. The molecule has 248 valence electrons. The number of aromatic nitrogens is 1. The van der Waals surface area contributed by atoms with E-state index in [0.29, 0.717) is 50.0 Å². The molecule has 1 aliphatic heterocycles. The van der Waals surface area contributed by atoms with Crippen molar-refractivity contribution in [1.29, 1.82) is 0 Å². The van der Waals surface area contributed by atoms with E-state index in [1.54, 1.807) is 41.8 Å². The van der Waals surface area contributed by atoms with Crippen LogP contribution in [0.5, 0.6) is 11.5 Å². The summed E-state index contributed by atoms with van der Waals surface area (Å²) < 4.78 is 15.5. The van der Waals surface area contributed by atoms with Crippen molar-refractivity contribution in [3.8, 4) is 11.5 Å². The summed E-state index contributed by atoms with van der Waals surface area (Å²) in [4.78, 5) is 44.1. The Balaban J connectivity index is 1.43. The van der Waals surface area contributed by atoms with Crippen LogP contribution >= 0.6 is 49.9 Å². The van der Waals surface area contributed by atoms with E-state index in [0.717, 1.165) is 19.2 Å². The third-order valence-electron chi connectivity index (χ3n) is 7.66. The number of thiazole rings is 1. The summed E-state index contributed by atoms with van der Waals surface area (Å²) in [6, 6.07) is 25.7. The molecule has 49 heavy (non-hydrogen) atoms. The summed E-state index contributed by atoms with van der Waals surface area (Å²) >= 11 is 6.97. The van der Waals surface area contributed by atoms with Crippen LogP contribution < -0.4 is 29.7 Å². The Hall–Kier alpha value is -4.60. The molecule has 4 aromatic carbocycles. The first-order valence-corrected chi connectivity index (χ1v) is 17.8.